The van der Waals surface area contributed by atoms with E-state index < -0.39 is 0 Å². The van der Waals surface area contributed by atoms with E-state index >= 15 is 0 Å². The molecule has 0 atom stereocenters. The lowest BCUT2D eigenvalue weighted by atomic mass is 9.97. The van der Waals surface area contributed by atoms with Gasteiger partial charge in [0, 0.05) is 33.1 Å². The molecule has 0 spiro atoms. The zero-order valence-corrected chi connectivity index (χ0v) is 19.5. The lowest BCUT2D eigenvalue weighted by Crippen LogP contribution is -2.28. The summed E-state index contributed by atoms with van der Waals surface area (Å²) < 4.78 is 3.35. The van der Waals surface area contributed by atoms with Crippen LogP contribution in [0.15, 0.2) is 83.7 Å². The molecule has 0 unspecified atom stereocenters. The topological polar surface area (TPSA) is 59.3 Å². The largest absolute Gasteiger partial charge is 0.320 e. The third-order valence-electron chi connectivity index (χ3n) is 6.59. The van der Waals surface area contributed by atoms with E-state index in [4.69, 9.17) is 0 Å². The number of hydrogen-bond donors (Lipinski definition) is 1. The molecule has 1 amide bonds. The van der Waals surface area contributed by atoms with E-state index in [1.54, 1.807) is 9.36 Å². The summed E-state index contributed by atoms with van der Waals surface area (Å²) in [5.74, 6) is -0.156. The molecule has 0 radical (unpaired) electrons. The van der Waals surface area contributed by atoms with Gasteiger partial charge in [0.2, 0.25) is 5.91 Å². The summed E-state index contributed by atoms with van der Waals surface area (Å²) in [7, 11) is 1.82. The Kier molecular flexibility index (Phi) is 5.90. The highest BCUT2D eigenvalue weighted by molar-refractivity contribution is 5.91. The molecule has 2 heterocycles. The smallest absolute Gasteiger partial charge is 0.295 e. The minimum atomic E-state index is -0.225. The zero-order valence-electron chi connectivity index (χ0n) is 19.5. The van der Waals surface area contributed by atoms with Crippen LogP contribution < -0.4 is 10.9 Å². The van der Waals surface area contributed by atoms with Crippen LogP contribution in [-0.2, 0) is 24.9 Å². The number of hydrogen-bond acceptors (Lipinski definition) is 3. The van der Waals surface area contributed by atoms with Crippen molar-refractivity contribution >= 4 is 11.6 Å². The Morgan fingerprint density at radius 1 is 0.853 bits per heavy atom. The maximum atomic E-state index is 13.1. The second kappa shape index (κ2) is 9.15. The summed E-state index contributed by atoms with van der Waals surface area (Å²) in [6.45, 7) is 4.01. The zero-order chi connectivity index (χ0) is 23.7. The van der Waals surface area contributed by atoms with Crippen molar-refractivity contribution in [3.05, 3.63) is 106 Å². The van der Waals surface area contributed by atoms with Crippen molar-refractivity contribution in [2.45, 2.75) is 26.4 Å². The maximum absolute atomic E-state index is 13.1. The van der Waals surface area contributed by atoms with Gasteiger partial charge in [-0.05, 0) is 41.3 Å². The first-order valence-corrected chi connectivity index (χ1v) is 11.6. The molecule has 1 aliphatic heterocycles. The fraction of sp³-hybridized carbons (Fsp3) is 0.214. The molecule has 4 aromatic rings. The number of nitrogens with zero attached hydrogens (tertiary/aromatic N) is 3. The van der Waals surface area contributed by atoms with E-state index in [1.807, 2.05) is 44.3 Å². The molecule has 1 aromatic heterocycles. The Labute approximate surface area is 199 Å². The SMILES string of the molecule is Cc1c(NC(=O)CCN2Cc3ccccc3-c3ccccc3C2)c(=O)n(-c2ccccc2)n1C. The summed E-state index contributed by atoms with van der Waals surface area (Å²) in [5, 5.41) is 2.88. The van der Waals surface area contributed by atoms with Gasteiger partial charge in [0.15, 0.2) is 0 Å². The number of fused-ring (bicyclic) bond motifs is 3. The van der Waals surface area contributed by atoms with Gasteiger partial charge < -0.3 is 5.32 Å². The van der Waals surface area contributed by atoms with Crippen molar-refractivity contribution in [2.75, 3.05) is 11.9 Å². The molecule has 172 valence electrons. The van der Waals surface area contributed by atoms with Crippen LogP contribution in [0, 0.1) is 6.92 Å². The third kappa shape index (κ3) is 4.08. The molecular weight excluding hydrogens is 424 g/mol. The summed E-state index contributed by atoms with van der Waals surface area (Å²) in [6, 6.07) is 26.4. The standard InChI is InChI=1S/C28H28N4O2/c1-20-27(28(34)32(30(20)2)23-12-4-3-5-13-23)29-26(33)16-17-31-18-21-10-6-8-14-24(21)25-15-9-7-11-22(25)19-31/h3-15H,16-19H2,1-2H3,(H,29,33). The first-order valence-electron chi connectivity index (χ1n) is 11.6. The van der Waals surface area contributed by atoms with Crippen molar-refractivity contribution in [3.63, 3.8) is 0 Å². The minimum Gasteiger partial charge on any atom is -0.320 e. The number of rotatable bonds is 5. The highest BCUT2D eigenvalue weighted by atomic mass is 16.2. The lowest BCUT2D eigenvalue weighted by molar-refractivity contribution is -0.116. The van der Waals surface area contributed by atoms with E-state index in [2.05, 4.69) is 58.7 Å². The summed E-state index contributed by atoms with van der Waals surface area (Å²) in [6.07, 6.45) is 0.309. The quantitative estimate of drug-likeness (QED) is 0.485. The fourth-order valence-electron chi connectivity index (χ4n) is 4.71. The Balaban J connectivity index is 1.32. The van der Waals surface area contributed by atoms with Crippen molar-refractivity contribution in [2.24, 2.45) is 7.05 Å². The Bertz CT molecular complexity index is 1350. The van der Waals surface area contributed by atoms with Crippen molar-refractivity contribution in [1.29, 1.82) is 0 Å². The lowest BCUT2D eigenvalue weighted by Gasteiger charge is -2.20. The first-order chi connectivity index (χ1) is 16.5. The van der Waals surface area contributed by atoms with Gasteiger partial charge >= 0.3 is 0 Å². The number of benzene rings is 3. The van der Waals surface area contributed by atoms with Crippen molar-refractivity contribution in [3.8, 4) is 16.8 Å². The molecule has 5 rings (SSSR count). The second-order valence-electron chi connectivity index (χ2n) is 8.76. The monoisotopic (exact) mass is 452 g/mol. The van der Waals surface area contributed by atoms with E-state index in [0.29, 0.717) is 18.7 Å². The Morgan fingerprint density at radius 2 is 1.41 bits per heavy atom. The minimum absolute atomic E-state index is 0.156. The summed E-state index contributed by atoms with van der Waals surface area (Å²) >= 11 is 0. The van der Waals surface area contributed by atoms with Gasteiger partial charge in [-0.15, -0.1) is 0 Å². The number of carbonyl (C=O) groups is 1. The summed E-state index contributed by atoms with van der Waals surface area (Å²) in [5.41, 5.74) is 6.63. The fourth-order valence-corrected chi connectivity index (χ4v) is 4.71. The van der Waals surface area contributed by atoms with Gasteiger partial charge in [0.05, 0.1) is 11.4 Å². The van der Waals surface area contributed by atoms with Crippen LogP contribution in [0.5, 0.6) is 0 Å². The molecule has 0 saturated carbocycles. The van der Waals surface area contributed by atoms with Crippen LogP contribution in [0.2, 0.25) is 0 Å². The number of anilines is 1. The predicted molar refractivity (Wildman–Crippen MR) is 135 cm³/mol. The number of carbonyl (C=O) groups excluding carboxylic acids is 1. The molecule has 0 bridgehead atoms. The molecule has 3 aromatic carbocycles. The van der Waals surface area contributed by atoms with Gasteiger partial charge in [-0.25, -0.2) is 4.68 Å². The maximum Gasteiger partial charge on any atom is 0.295 e. The Morgan fingerprint density at radius 3 is 2.03 bits per heavy atom. The van der Waals surface area contributed by atoms with Gasteiger partial charge in [-0.1, -0.05) is 66.7 Å². The van der Waals surface area contributed by atoms with Crippen molar-refractivity contribution in [1.82, 2.24) is 14.3 Å². The van der Waals surface area contributed by atoms with Crippen LogP contribution in [0.25, 0.3) is 16.8 Å². The normalized spacial score (nSPS) is 13.1. The van der Waals surface area contributed by atoms with Crippen LogP contribution >= 0.6 is 0 Å². The van der Waals surface area contributed by atoms with Crippen molar-refractivity contribution < 1.29 is 4.79 Å². The van der Waals surface area contributed by atoms with Crippen LogP contribution in [0.4, 0.5) is 5.69 Å². The van der Waals surface area contributed by atoms with E-state index in [9.17, 15) is 9.59 Å². The van der Waals surface area contributed by atoms with Gasteiger partial charge in [0.25, 0.3) is 5.56 Å². The number of nitrogens with one attached hydrogen (secondary N) is 1. The highest BCUT2D eigenvalue weighted by Crippen LogP contribution is 2.32. The molecule has 0 aliphatic carbocycles. The van der Waals surface area contributed by atoms with E-state index in [-0.39, 0.29) is 11.5 Å². The number of amides is 1. The number of para-hydroxylation sites is 1. The molecule has 6 nitrogen and oxygen atoms in total. The molecular formula is C28H28N4O2. The molecule has 0 fully saturated rings. The highest BCUT2D eigenvalue weighted by Gasteiger charge is 2.21. The first kappa shape index (κ1) is 21.9. The molecule has 1 aliphatic rings. The summed E-state index contributed by atoms with van der Waals surface area (Å²) in [4.78, 5) is 28.3. The number of aromatic nitrogens is 2. The average Bonchev–Trinajstić information content (AvgIpc) is 2.99. The third-order valence-corrected chi connectivity index (χ3v) is 6.59. The van der Waals surface area contributed by atoms with Crippen LogP contribution in [-0.4, -0.2) is 26.7 Å². The molecule has 1 N–H and O–H groups in total. The Hall–Kier alpha value is -3.90. The van der Waals surface area contributed by atoms with Crippen LogP contribution in [0.3, 0.4) is 0 Å². The second-order valence-corrected chi connectivity index (χ2v) is 8.76. The van der Waals surface area contributed by atoms with Gasteiger partial charge in [-0.2, -0.15) is 0 Å². The van der Waals surface area contributed by atoms with Gasteiger partial charge in [-0.3, -0.25) is 19.2 Å². The molecule has 0 saturated heterocycles. The molecule has 34 heavy (non-hydrogen) atoms. The van der Waals surface area contributed by atoms with Gasteiger partial charge in [0.1, 0.15) is 5.69 Å². The predicted octanol–water partition coefficient (Wildman–Crippen LogP) is 4.50. The average molecular weight is 453 g/mol. The van der Waals surface area contributed by atoms with E-state index in [1.165, 1.54) is 22.3 Å². The van der Waals surface area contributed by atoms with E-state index in [0.717, 1.165) is 24.5 Å². The molecule has 6 heteroatoms. The van der Waals surface area contributed by atoms with Crippen LogP contribution in [0.1, 0.15) is 23.2 Å².